The maximum absolute atomic E-state index is 13.4. The predicted octanol–water partition coefficient (Wildman–Crippen LogP) is 4.86. The number of anilines is 1. The highest BCUT2D eigenvalue weighted by Gasteiger charge is 2.31. The molecule has 1 saturated carbocycles. The molecule has 0 bridgehead atoms. The van der Waals surface area contributed by atoms with Crippen molar-refractivity contribution in [1.29, 1.82) is 5.41 Å². The van der Waals surface area contributed by atoms with Gasteiger partial charge in [0.2, 0.25) is 11.8 Å². The summed E-state index contributed by atoms with van der Waals surface area (Å²) >= 11 is 0. The summed E-state index contributed by atoms with van der Waals surface area (Å²) in [5.74, 6) is 0.204. The average molecular weight is 544 g/mol. The van der Waals surface area contributed by atoms with Gasteiger partial charge in [-0.2, -0.15) is 0 Å². The van der Waals surface area contributed by atoms with Crippen molar-refractivity contribution in [2.75, 3.05) is 25.5 Å². The molecule has 212 valence electrons. The Labute approximate surface area is 237 Å². The molecule has 40 heavy (non-hydrogen) atoms. The highest BCUT2D eigenvalue weighted by atomic mass is 16.2. The predicted molar refractivity (Wildman–Crippen MR) is 160 cm³/mol. The minimum Gasteiger partial charge on any atom is -0.388 e. The van der Waals surface area contributed by atoms with Crippen molar-refractivity contribution in [2.24, 2.45) is 5.92 Å². The molecule has 1 saturated heterocycles. The molecule has 2 aliphatic rings. The number of hydrogen-bond donors (Lipinski definition) is 4. The molecule has 2 atom stereocenters. The van der Waals surface area contributed by atoms with Crippen molar-refractivity contribution < 1.29 is 14.4 Å². The zero-order chi connectivity index (χ0) is 28.6. The van der Waals surface area contributed by atoms with Crippen LogP contribution >= 0.6 is 0 Å². The largest absolute Gasteiger partial charge is 0.388 e. The number of carbonyl (C=O) groups excluding carboxylic acids is 3. The van der Waals surface area contributed by atoms with Gasteiger partial charge in [-0.1, -0.05) is 37.3 Å². The van der Waals surface area contributed by atoms with Crippen LogP contribution in [-0.4, -0.2) is 55.0 Å². The zero-order valence-corrected chi connectivity index (χ0v) is 23.8. The van der Waals surface area contributed by atoms with Gasteiger partial charge in [0.1, 0.15) is 0 Å². The SMILES string of the molecule is CCC(=O)NC1CCC(C(=O)Nc2cc(C(=O)N3CCC(c4ccc(/C(=C/C=N)NC)cc4)CC3)ccc2C)C1. The van der Waals surface area contributed by atoms with Crippen molar-refractivity contribution in [3.05, 3.63) is 70.8 Å². The van der Waals surface area contributed by atoms with E-state index in [0.717, 1.165) is 42.5 Å². The van der Waals surface area contributed by atoms with E-state index in [1.165, 1.54) is 11.8 Å². The Hall–Kier alpha value is -3.94. The number of nitrogens with zero attached hydrogens (tertiary/aromatic N) is 1. The van der Waals surface area contributed by atoms with Crippen LogP contribution in [0.15, 0.2) is 48.5 Å². The van der Waals surface area contributed by atoms with Crippen LogP contribution < -0.4 is 16.0 Å². The summed E-state index contributed by atoms with van der Waals surface area (Å²) in [6.07, 6.45) is 7.44. The van der Waals surface area contributed by atoms with Gasteiger partial charge in [-0.25, -0.2) is 0 Å². The van der Waals surface area contributed by atoms with E-state index in [2.05, 4.69) is 40.2 Å². The van der Waals surface area contributed by atoms with E-state index in [4.69, 9.17) is 5.41 Å². The fraction of sp³-hybridized carbons (Fsp3) is 0.438. The number of piperidine rings is 1. The smallest absolute Gasteiger partial charge is 0.253 e. The first-order valence-corrected chi connectivity index (χ1v) is 14.3. The van der Waals surface area contributed by atoms with Crippen LogP contribution in [-0.2, 0) is 9.59 Å². The van der Waals surface area contributed by atoms with E-state index in [0.29, 0.717) is 43.1 Å². The fourth-order valence-corrected chi connectivity index (χ4v) is 5.75. The summed E-state index contributed by atoms with van der Waals surface area (Å²) in [7, 11) is 1.85. The molecule has 1 heterocycles. The first-order valence-electron chi connectivity index (χ1n) is 14.3. The third kappa shape index (κ3) is 6.97. The second kappa shape index (κ2) is 13.4. The van der Waals surface area contributed by atoms with Gasteiger partial charge < -0.3 is 26.3 Å². The molecular weight excluding hydrogens is 502 g/mol. The van der Waals surface area contributed by atoms with E-state index in [1.54, 1.807) is 12.1 Å². The van der Waals surface area contributed by atoms with Gasteiger partial charge in [-0.05, 0) is 79.8 Å². The van der Waals surface area contributed by atoms with Gasteiger partial charge in [0.05, 0.1) is 0 Å². The topological polar surface area (TPSA) is 114 Å². The third-order valence-corrected chi connectivity index (χ3v) is 8.23. The van der Waals surface area contributed by atoms with Crippen molar-refractivity contribution >= 4 is 35.3 Å². The van der Waals surface area contributed by atoms with Gasteiger partial charge in [-0.3, -0.25) is 14.4 Å². The maximum atomic E-state index is 13.4. The Morgan fingerprint density at radius 3 is 2.35 bits per heavy atom. The quantitative estimate of drug-likeness (QED) is 0.338. The molecule has 0 spiro atoms. The van der Waals surface area contributed by atoms with Gasteiger partial charge in [0.25, 0.3) is 5.91 Å². The monoisotopic (exact) mass is 543 g/mol. The molecule has 2 aromatic rings. The second-order valence-electron chi connectivity index (χ2n) is 10.8. The lowest BCUT2D eigenvalue weighted by molar-refractivity contribution is -0.122. The van der Waals surface area contributed by atoms with Gasteiger partial charge in [-0.15, -0.1) is 0 Å². The van der Waals surface area contributed by atoms with Crippen LogP contribution in [0.3, 0.4) is 0 Å². The number of aryl methyl sites for hydroxylation is 1. The Bertz CT molecular complexity index is 1260. The Morgan fingerprint density at radius 2 is 1.70 bits per heavy atom. The number of allylic oxidation sites excluding steroid dienone is 1. The molecule has 0 aromatic heterocycles. The van der Waals surface area contributed by atoms with E-state index in [1.807, 2.05) is 37.9 Å². The second-order valence-corrected chi connectivity index (χ2v) is 10.8. The number of nitrogens with one attached hydrogen (secondary N) is 4. The van der Waals surface area contributed by atoms with Crippen molar-refractivity contribution in [3.8, 4) is 0 Å². The van der Waals surface area contributed by atoms with Crippen LogP contribution in [0, 0.1) is 18.3 Å². The molecule has 2 unspecified atom stereocenters. The molecule has 4 N–H and O–H groups in total. The van der Waals surface area contributed by atoms with E-state index < -0.39 is 0 Å². The minimum absolute atomic E-state index is 0.0112. The summed E-state index contributed by atoms with van der Waals surface area (Å²) in [5.41, 5.74) is 5.39. The molecule has 4 rings (SSSR count). The Morgan fingerprint density at radius 1 is 1.00 bits per heavy atom. The van der Waals surface area contributed by atoms with Crippen LogP contribution in [0.25, 0.3) is 5.70 Å². The summed E-state index contributed by atoms with van der Waals surface area (Å²) in [6, 6.07) is 14.0. The third-order valence-electron chi connectivity index (χ3n) is 8.23. The lowest BCUT2D eigenvalue weighted by atomic mass is 9.88. The molecule has 3 amide bonds. The average Bonchev–Trinajstić information content (AvgIpc) is 3.45. The number of rotatable bonds is 9. The normalized spacial score (nSPS) is 19.7. The van der Waals surface area contributed by atoms with Gasteiger partial charge >= 0.3 is 0 Å². The van der Waals surface area contributed by atoms with Crippen LogP contribution in [0.1, 0.15) is 78.4 Å². The summed E-state index contributed by atoms with van der Waals surface area (Å²) in [5, 5.41) is 16.5. The van der Waals surface area contributed by atoms with Crippen molar-refractivity contribution in [2.45, 2.75) is 64.3 Å². The van der Waals surface area contributed by atoms with E-state index in [9.17, 15) is 14.4 Å². The fourth-order valence-electron chi connectivity index (χ4n) is 5.75. The number of carbonyl (C=O) groups is 3. The van der Waals surface area contributed by atoms with Crippen LogP contribution in [0.4, 0.5) is 5.69 Å². The lowest BCUT2D eigenvalue weighted by Gasteiger charge is -2.32. The standard InChI is InChI=1S/C32H41N5O3/c1-4-30(38)35-27-12-11-25(19-27)31(39)36-29-20-26(6-5-21(29)2)32(40)37-17-14-23(15-18-37)22-7-9-24(10-8-22)28(34-3)13-16-33/h5-10,13,16,20,23,25,27,33-34H,4,11-12,14-15,17-19H2,1-3H3,(H,35,38)(H,36,39)/b28-13-,33-16?. The highest BCUT2D eigenvalue weighted by Crippen LogP contribution is 2.31. The van der Waals surface area contributed by atoms with E-state index >= 15 is 0 Å². The highest BCUT2D eigenvalue weighted by molar-refractivity contribution is 5.98. The Kier molecular flexibility index (Phi) is 9.74. The molecular formula is C32H41N5O3. The summed E-state index contributed by atoms with van der Waals surface area (Å²) < 4.78 is 0. The minimum atomic E-state index is -0.147. The van der Waals surface area contributed by atoms with Crippen molar-refractivity contribution in [3.63, 3.8) is 0 Å². The first kappa shape index (κ1) is 29.1. The number of benzene rings is 2. The van der Waals surface area contributed by atoms with Crippen LogP contribution in [0.2, 0.25) is 0 Å². The molecule has 8 nitrogen and oxygen atoms in total. The molecule has 2 fully saturated rings. The summed E-state index contributed by atoms with van der Waals surface area (Å²) in [6.45, 7) is 5.12. The number of hydrogen-bond acceptors (Lipinski definition) is 5. The van der Waals surface area contributed by atoms with Gasteiger partial charge in [0.15, 0.2) is 0 Å². The number of likely N-dealkylation sites (tertiary alicyclic amines) is 1. The molecule has 1 aliphatic carbocycles. The van der Waals surface area contributed by atoms with Gasteiger partial charge in [0, 0.05) is 61.7 Å². The molecule has 1 aliphatic heterocycles. The summed E-state index contributed by atoms with van der Waals surface area (Å²) in [4.78, 5) is 40.0. The van der Waals surface area contributed by atoms with E-state index in [-0.39, 0.29) is 29.7 Å². The molecule has 0 radical (unpaired) electrons. The van der Waals surface area contributed by atoms with Crippen LogP contribution in [0.5, 0.6) is 0 Å². The maximum Gasteiger partial charge on any atom is 0.253 e. The first-order chi connectivity index (χ1) is 19.3. The molecule has 8 heteroatoms. The zero-order valence-electron chi connectivity index (χ0n) is 23.8. The molecule has 2 aromatic carbocycles. The lowest BCUT2D eigenvalue weighted by Crippen LogP contribution is -2.38. The number of amides is 3. The Balaban J connectivity index is 1.33. The van der Waals surface area contributed by atoms with Crippen molar-refractivity contribution in [1.82, 2.24) is 15.5 Å².